The third-order valence-corrected chi connectivity index (χ3v) is 3.95. The minimum absolute atomic E-state index is 0.0290. The van der Waals surface area contributed by atoms with Crippen molar-refractivity contribution >= 4 is 15.8 Å². The number of esters is 1. The van der Waals surface area contributed by atoms with Crippen LogP contribution in [0.2, 0.25) is 0 Å². The van der Waals surface area contributed by atoms with Gasteiger partial charge in [0.15, 0.2) is 9.84 Å². The number of hydrogen-bond acceptors (Lipinski definition) is 6. The van der Waals surface area contributed by atoms with E-state index in [4.69, 9.17) is 10.5 Å². The minimum atomic E-state index is -3.52. The molecule has 0 saturated heterocycles. The summed E-state index contributed by atoms with van der Waals surface area (Å²) in [5, 5.41) is 0. The average Bonchev–Trinajstić information content (AvgIpc) is 2.38. The Bertz CT molecular complexity index is 541. The molecule has 1 aromatic carbocycles. The Labute approximate surface area is 118 Å². The van der Waals surface area contributed by atoms with Gasteiger partial charge < -0.3 is 15.2 Å². The summed E-state index contributed by atoms with van der Waals surface area (Å²) in [6.45, 7) is 2.07. The molecule has 0 bridgehead atoms. The van der Waals surface area contributed by atoms with Crippen LogP contribution in [0.25, 0.3) is 0 Å². The smallest absolute Gasteiger partial charge is 0.321 e. The molecule has 0 aliphatic heterocycles. The number of carbonyl (C=O) groups excluding carboxylic acids is 1. The van der Waals surface area contributed by atoms with Crippen LogP contribution in [-0.2, 0) is 25.9 Å². The van der Waals surface area contributed by atoms with Crippen molar-refractivity contribution in [2.24, 2.45) is 5.73 Å². The Kier molecular flexibility index (Phi) is 6.47. The highest BCUT2D eigenvalue weighted by molar-refractivity contribution is 7.92. The molecular formula is C13H19NO5S. The Morgan fingerprint density at radius 1 is 1.30 bits per heavy atom. The number of para-hydroxylation sites is 1. The van der Waals surface area contributed by atoms with E-state index in [9.17, 15) is 13.2 Å². The highest BCUT2D eigenvalue weighted by atomic mass is 32.2. The lowest BCUT2D eigenvalue weighted by Gasteiger charge is -2.10. The number of hydrogen-bond donors (Lipinski definition) is 1. The van der Waals surface area contributed by atoms with Gasteiger partial charge in [-0.3, -0.25) is 4.79 Å². The summed E-state index contributed by atoms with van der Waals surface area (Å²) in [6, 6.07) is 7.14. The van der Waals surface area contributed by atoms with Crippen molar-refractivity contribution in [3.05, 3.63) is 29.8 Å². The SMILES string of the molecule is CCOC(=O)CS(=O)(=O)CCOc1ccccc1CN. The van der Waals surface area contributed by atoms with Crippen LogP contribution in [0.3, 0.4) is 0 Å². The Morgan fingerprint density at radius 2 is 2.00 bits per heavy atom. The van der Waals surface area contributed by atoms with Gasteiger partial charge in [-0.1, -0.05) is 18.2 Å². The van der Waals surface area contributed by atoms with Gasteiger partial charge in [0.2, 0.25) is 0 Å². The highest BCUT2D eigenvalue weighted by Crippen LogP contribution is 2.16. The standard InChI is InChI=1S/C13H19NO5S/c1-2-18-13(15)10-20(16,17)8-7-19-12-6-4-3-5-11(12)9-14/h3-6H,2,7-10,14H2,1H3. The Balaban J connectivity index is 2.49. The summed E-state index contributed by atoms with van der Waals surface area (Å²) in [4.78, 5) is 11.1. The number of sulfone groups is 1. The second-order valence-electron chi connectivity index (χ2n) is 4.06. The molecule has 112 valence electrons. The van der Waals surface area contributed by atoms with Crippen LogP contribution in [0.4, 0.5) is 0 Å². The quantitative estimate of drug-likeness (QED) is 0.703. The maximum absolute atomic E-state index is 11.7. The van der Waals surface area contributed by atoms with Crippen molar-refractivity contribution in [1.29, 1.82) is 0 Å². The van der Waals surface area contributed by atoms with Crippen molar-refractivity contribution in [2.45, 2.75) is 13.5 Å². The molecule has 0 aliphatic carbocycles. The molecule has 20 heavy (non-hydrogen) atoms. The molecule has 7 heteroatoms. The molecule has 1 rings (SSSR count). The highest BCUT2D eigenvalue weighted by Gasteiger charge is 2.17. The molecule has 0 saturated carbocycles. The fraction of sp³-hybridized carbons (Fsp3) is 0.462. The normalized spacial score (nSPS) is 11.1. The zero-order chi connectivity index (χ0) is 15.0. The van der Waals surface area contributed by atoms with E-state index in [1.165, 1.54) is 0 Å². The molecule has 1 aromatic rings. The third-order valence-electron chi connectivity index (χ3n) is 2.49. The maximum atomic E-state index is 11.7. The molecule has 0 fully saturated rings. The molecule has 0 amide bonds. The van der Waals surface area contributed by atoms with E-state index in [1.807, 2.05) is 12.1 Å². The van der Waals surface area contributed by atoms with Gasteiger partial charge in [-0.25, -0.2) is 8.42 Å². The molecule has 2 N–H and O–H groups in total. The predicted molar refractivity (Wildman–Crippen MR) is 75.1 cm³/mol. The van der Waals surface area contributed by atoms with Crippen LogP contribution >= 0.6 is 0 Å². The van der Waals surface area contributed by atoms with Crippen molar-refractivity contribution in [1.82, 2.24) is 0 Å². The molecule has 6 nitrogen and oxygen atoms in total. The van der Waals surface area contributed by atoms with Crippen LogP contribution in [0.5, 0.6) is 5.75 Å². The first-order chi connectivity index (χ1) is 9.48. The fourth-order valence-corrected chi connectivity index (χ4v) is 2.47. The van der Waals surface area contributed by atoms with E-state index in [1.54, 1.807) is 19.1 Å². The first-order valence-corrected chi connectivity index (χ1v) is 8.07. The van der Waals surface area contributed by atoms with Crippen molar-refractivity contribution < 1.29 is 22.7 Å². The van der Waals surface area contributed by atoms with E-state index in [0.29, 0.717) is 12.3 Å². The molecule has 0 aromatic heterocycles. The van der Waals surface area contributed by atoms with Crippen molar-refractivity contribution in [2.75, 3.05) is 24.7 Å². The van der Waals surface area contributed by atoms with E-state index >= 15 is 0 Å². The monoisotopic (exact) mass is 301 g/mol. The molecule has 0 radical (unpaired) electrons. The van der Waals surface area contributed by atoms with E-state index < -0.39 is 21.6 Å². The number of nitrogens with two attached hydrogens (primary N) is 1. The summed E-state index contributed by atoms with van der Waals surface area (Å²) in [6.07, 6.45) is 0. The van der Waals surface area contributed by atoms with Gasteiger partial charge in [-0.2, -0.15) is 0 Å². The minimum Gasteiger partial charge on any atom is -0.492 e. The first-order valence-electron chi connectivity index (χ1n) is 6.25. The van der Waals surface area contributed by atoms with Crippen LogP contribution in [0, 0.1) is 0 Å². The zero-order valence-electron chi connectivity index (χ0n) is 11.4. The molecule has 0 atom stereocenters. The van der Waals surface area contributed by atoms with Gasteiger partial charge in [0.05, 0.1) is 12.4 Å². The molecule has 0 spiro atoms. The van der Waals surface area contributed by atoms with Crippen LogP contribution < -0.4 is 10.5 Å². The van der Waals surface area contributed by atoms with Gasteiger partial charge in [0.25, 0.3) is 0 Å². The topological polar surface area (TPSA) is 95.7 Å². The average molecular weight is 301 g/mol. The summed E-state index contributed by atoms with van der Waals surface area (Å²) in [7, 11) is -3.52. The van der Waals surface area contributed by atoms with Gasteiger partial charge in [-0.05, 0) is 13.0 Å². The number of rotatable bonds is 8. The number of benzene rings is 1. The van der Waals surface area contributed by atoms with Crippen molar-refractivity contribution in [3.8, 4) is 5.75 Å². The molecule has 0 heterocycles. The van der Waals surface area contributed by atoms with Gasteiger partial charge in [0.1, 0.15) is 18.1 Å². The van der Waals surface area contributed by atoms with E-state index in [2.05, 4.69) is 4.74 Å². The van der Waals surface area contributed by atoms with E-state index in [-0.39, 0.29) is 19.0 Å². The van der Waals surface area contributed by atoms with Crippen LogP contribution in [0.1, 0.15) is 12.5 Å². The second-order valence-corrected chi connectivity index (χ2v) is 6.24. The lowest BCUT2D eigenvalue weighted by molar-refractivity contribution is -0.139. The summed E-state index contributed by atoms with van der Waals surface area (Å²) < 4.78 is 33.3. The zero-order valence-corrected chi connectivity index (χ0v) is 12.2. The molecule has 0 aliphatic rings. The molecular weight excluding hydrogens is 282 g/mol. The van der Waals surface area contributed by atoms with Crippen LogP contribution in [0.15, 0.2) is 24.3 Å². The van der Waals surface area contributed by atoms with Gasteiger partial charge >= 0.3 is 5.97 Å². The van der Waals surface area contributed by atoms with Gasteiger partial charge in [-0.15, -0.1) is 0 Å². The first kappa shape index (κ1) is 16.5. The summed E-state index contributed by atoms with van der Waals surface area (Å²) in [5.41, 5.74) is 6.35. The second kappa shape index (κ2) is 7.86. The maximum Gasteiger partial charge on any atom is 0.321 e. The van der Waals surface area contributed by atoms with Gasteiger partial charge in [0, 0.05) is 12.1 Å². The Morgan fingerprint density at radius 3 is 2.65 bits per heavy atom. The fourth-order valence-electron chi connectivity index (χ4n) is 1.55. The largest absolute Gasteiger partial charge is 0.492 e. The lowest BCUT2D eigenvalue weighted by atomic mass is 10.2. The summed E-state index contributed by atoms with van der Waals surface area (Å²) >= 11 is 0. The molecule has 0 unspecified atom stereocenters. The number of carbonyl (C=O) groups is 1. The third kappa shape index (κ3) is 5.58. The summed E-state index contributed by atoms with van der Waals surface area (Å²) in [5.74, 6) is -1.05. The Hall–Kier alpha value is -1.60. The van der Waals surface area contributed by atoms with Crippen LogP contribution in [-0.4, -0.2) is 39.1 Å². The predicted octanol–water partition coefficient (Wildman–Crippen LogP) is 0.502. The van der Waals surface area contributed by atoms with Crippen molar-refractivity contribution in [3.63, 3.8) is 0 Å². The number of ether oxygens (including phenoxy) is 2. The lowest BCUT2D eigenvalue weighted by Crippen LogP contribution is -2.24. The van der Waals surface area contributed by atoms with E-state index in [0.717, 1.165) is 5.56 Å².